The van der Waals surface area contributed by atoms with Crippen molar-refractivity contribution in [2.24, 2.45) is 0 Å². The van der Waals surface area contributed by atoms with E-state index in [0.717, 1.165) is 31.7 Å². The zero-order valence-corrected chi connectivity index (χ0v) is 19.0. The molecular weight excluding hydrogens is 418 g/mol. The Bertz CT molecular complexity index is 971. The highest BCUT2D eigenvalue weighted by molar-refractivity contribution is 5.97. The largest absolute Gasteiger partial charge is 0.369 e. The number of para-hydroxylation sites is 1. The Morgan fingerprint density at radius 1 is 0.970 bits per heavy atom. The van der Waals surface area contributed by atoms with Gasteiger partial charge in [-0.1, -0.05) is 35.9 Å². The summed E-state index contributed by atoms with van der Waals surface area (Å²) in [5, 5.41) is 5.61. The summed E-state index contributed by atoms with van der Waals surface area (Å²) in [5.74, 6) is -0.663. The van der Waals surface area contributed by atoms with Crippen LogP contribution in [-0.2, 0) is 14.4 Å². The molecule has 8 heteroatoms. The fraction of sp³-hybridized carbons (Fsp3) is 0.400. The SMILES string of the molecule is Cc1ccc(NC(=O)C[C@@H]2C(=O)NCCN2C(=O)CN2CCN(c3ccccc3)CC2)cc1. The lowest BCUT2D eigenvalue weighted by atomic mass is 10.1. The monoisotopic (exact) mass is 449 g/mol. The lowest BCUT2D eigenvalue weighted by molar-refractivity contribution is -0.145. The molecular formula is C25H31N5O3. The molecule has 3 amide bonds. The molecule has 0 bridgehead atoms. The molecule has 2 aliphatic rings. The summed E-state index contributed by atoms with van der Waals surface area (Å²) in [6.45, 7) is 6.30. The standard InChI is InChI=1S/C25H31N5O3/c1-19-7-9-20(10-8-19)27-23(31)17-22-25(33)26-11-12-30(22)24(32)18-28-13-15-29(16-14-28)21-5-3-2-4-6-21/h2-10,22H,11-18H2,1H3,(H,26,33)(H,27,31)/t22-/m1/s1. The van der Waals surface area contributed by atoms with Crippen LogP contribution in [-0.4, -0.2) is 79.4 Å². The Morgan fingerprint density at radius 3 is 2.36 bits per heavy atom. The highest BCUT2D eigenvalue weighted by Crippen LogP contribution is 2.17. The van der Waals surface area contributed by atoms with Gasteiger partial charge in [-0.3, -0.25) is 19.3 Å². The third-order valence-electron chi connectivity index (χ3n) is 6.22. The highest BCUT2D eigenvalue weighted by Gasteiger charge is 2.35. The number of hydrogen-bond donors (Lipinski definition) is 2. The van der Waals surface area contributed by atoms with Crippen molar-refractivity contribution in [1.82, 2.24) is 15.1 Å². The second-order valence-electron chi connectivity index (χ2n) is 8.61. The van der Waals surface area contributed by atoms with Crippen molar-refractivity contribution in [1.29, 1.82) is 0 Å². The van der Waals surface area contributed by atoms with Gasteiger partial charge in [0.1, 0.15) is 6.04 Å². The van der Waals surface area contributed by atoms with Crippen molar-refractivity contribution in [2.75, 3.05) is 56.0 Å². The minimum Gasteiger partial charge on any atom is -0.369 e. The molecule has 2 aromatic rings. The third-order valence-corrected chi connectivity index (χ3v) is 6.22. The predicted molar refractivity (Wildman–Crippen MR) is 128 cm³/mol. The first-order chi connectivity index (χ1) is 16.0. The van der Waals surface area contributed by atoms with Crippen LogP contribution in [0.5, 0.6) is 0 Å². The summed E-state index contributed by atoms with van der Waals surface area (Å²) in [6.07, 6.45) is -0.0623. The maximum absolute atomic E-state index is 13.1. The first kappa shape index (κ1) is 22.8. The van der Waals surface area contributed by atoms with Crippen molar-refractivity contribution < 1.29 is 14.4 Å². The fourth-order valence-corrected chi connectivity index (χ4v) is 4.33. The second kappa shape index (κ2) is 10.5. The molecule has 0 saturated carbocycles. The first-order valence-corrected chi connectivity index (χ1v) is 11.5. The van der Waals surface area contributed by atoms with Gasteiger partial charge in [-0.25, -0.2) is 0 Å². The van der Waals surface area contributed by atoms with Gasteiger partial charge in [0, 0.05) is 50.6 Å². The average molecular weight is 450 g/mol. The zero-order chi connectivity index (χ0) is 23.2. The van der Waals surface area contributed by atoms with Crippen LogP contribution in [0.15, 0.2) is 54.6 Å². The molecule has 1 atom stereocenters. The van der Waals surface area contributed by atoms with E-state index in [1.165, 1.54) is 5.69 Å². The molecule has 2 fully saturated rings. The van der Waals surface area contributed by atoms with E-state index in [4.69, 9.17) is 0 Å². The zero-order valence-electron chi connectivity index (χ0n) is 19.0. The summed E-state index contributed by atoms with van der Waals surface area (Å²) in [5.41, 5.74) is 2.97. The predicted octanol–water partition coefficient (Wildman–Crippen LogP) is 1.47. The number of aryl methyl sites for hydroxylation is 1. The number of benzene rings is 2. The van der Waals surface area contributed by atoms with Crippen molar-refractivity contribution in [2.45, 2.75) is 19.4 Å². The Hall–Kier alpha value is -3.39. The van der Waals surface area contributed by atoms with Crippen LogP contribution in [0.3, 0.4) is 0 Å². The number of hydrogen-bond acceptors (Lipinski definition) is 5. The molecule has 0 radical (unpaired) electrons. The van der Waals surface area contributed by atoms with Gasteiger partial charge in [0.25, 0.3) is 0 Å². The molecule has 8 nitrogen and oxygen atoms in total. The van der Waals surface area contributed by atoms with Crippen LogP contribution in [0.25, 0.3) is 0 Å². The van der Waals surface area contributed by atoms with E-state index in [-0.39, 0.29) is 30.7 Å². The van der Waals surface area contributed by atoms with Gasteiger partial charge in [-0.05, 0) is 31.2 Å². The number of nitrogens with one attached hydrogen (secondary N) is 2. The number of rotatable bonds is 6. The highest BCUT2D eigenvalue weighted by atomic mass is 16.2. The van der Waals surface area contributed by atoms with Gasteiger partial charge < -0.3 is 20.4 Å². The summed E-state index contributed by atoms with van der Waals surface area (Å²) >= 11 is 0. The van der Waals surface area contributed by atoms with E-state index >= 15 is 0 Å². The number of amides is 3. The van der Waals surface area contributed by atoms with Crippen LogP contribution in [0.1, 0.15) is 12.0 Å². The maximum Gasteiger partial charge on any atom is 0.243 e. The van der Waals surface area contributed by atoms with E-state index in [0.29, 0.717) is 18.8 Å². The van der Waals surface area contributed by atoms with Crippen molar-refractivity contribution in [3.05, 3.63) is 60.2 Å². The van der Waals surface area contributed by atoms with Gasteiger partial charge in [0.2, 0.25) is 17.7 Å². The Labute approximate surface area is 194 Å². The molecule has 0 aromatic heterocycles. The normalized spacial score (nSPS) is 19.2. The van der Waals surface area contributed by atoms with Crippen LogP contribution in [0, 0.1) is 6.92 Å². The molecule has 2 aromatic carbocycles. The molecule has 2 saturated heterocycles. The molecule has 4 rings (SSSR count). The van der Waals surface area contributed by atoms with Gasteiger partial charge in [0.15, 0.2) is 0 Å². The lowest BCUT2D eigenvalue weighted by Gasteiger charge is -2.39. The minimum atomic E-state index is -0.790. The molecule has 2 aliphatic heterocycles. The fourth-order valence-electron chi connectivity index (χ4n) is 4.33. The van der Waals surface area contributed by atoms with E-state index in [1.807, 2.05) is 49.4 Å². The summed E-state index contributed by atoms with van der Waals surface area (Å²) in [6, 6.07) is 16.9. The van der Waals surface area contributed by atoms with E-state index < -0.39 is 6.04 Å². The van der Waals surface area contributed by atoms with Crippen LogP contribution in [0.2, 0.25) is 0 Å². The van der Waals surface area contributed by atoms with Gasteiger partial charge >= 0.3 is 0 Å². The quantitative estimate of drug-likeness (QED) is 0.698. The molecule has 2 heterocycles. The van der Waals surface area contributed by atoms with Crippen molar-refractivity contribution in [3.8, 4) is 0 Å². The number of carbonyl (C=O) groups is 3. The smallest absolute Gasteiger partial charge is 0.243 e. The third kappa shape index (κ3) is 5.90. The number of carbonyl (C=O) groups excluding carboxylic acids is 3. The summed E-state index contributed by atoms with van der Waals surface area (Å²) in [4.78, 5) is 44.2. The Balaban J connectivity index is 1.32. The van der Waals surface area contributed by atoms with E-state index in [9.17, 15) is 14.4 Å². The molecule has 33 heavy (non-hydrogen) atoms. The summed E-state index contributed by atoms with van der Waals surface area (Å²) < 4.78 is 0. The lowest BCUT2D eigenvalue weighted by Crippen LogP contribution is -2.60. The van der Waals surface area contributed by atoms with Crippen LogP contribution < -0.4 is 15.5 Å². The number of anilines is 2. The molecule has 0 spiro atoms. The van der Waals surface area contributed by atoms with E-state index in [1.54, 1.807) is 4.90 Å². The van der Waals surface area contributed by atoms with Crippen molar-refractivity contribution >= 4 is 29.1 Å². The minimum absolute atomic E-state index is 0.0623. The second-order valence-corrected chi connectivity index (χ2v) is 8.61. The molecule has 0 aliphatic carbocycles. The van der Waals surface area contributed by atoms with Gasteiger partial charge in [0.05, 0.1) is 13.0 Å². The molecule has 174 valence electrons. The Kier molecular flexibility index (Phi) is 7.24. The molecule has 0 unspecified atom stereocenters. The topological polar surface area (TPSA) is 85.0 Å². The van der Waals surface area contributed by atoms with Gasteiger partial charge in [-0.2, -0.15) is 0 Å². The molecule has 2 N–H and O–H groups in total. The van der Waals surface area contributed by atoms with Crippen molar-refractivity contribution in [3.63, 3.8) is 0 Å². The first-order valence-electron chi connectivity index (χ1n) is 11.5. The van der Waals surface area contributed by atoms with E-state index in [2.05, 4.69) is 32.6 Å². The Morgan fingerprint density at radius 2 is 1.67 bits per heavy atom. The average Bonchev–Trinajstić information content (AvgIpc) is 2.83. The van der Waals surface area contributed by atoms with Crippen LogP contribution in [0.4, 0.5) is 11.4 Å². The summed E-state index contributed by atoms with van der Waals surface area (Å²) in [7, 11) is 0. The number of nitrogens with zero attached hydrogens (tertiary/aromatic N) is 3. The van der Waals surface area contributed by atoms with Gasteiger partial charge in [-0.15, -0.1) is 0 Å². The number of piperazine rings is 2. The maximum atomic E-state index is 13.1. The van der Waals surface area contributed by atoms with Crippen LogP contribution >= 0.6 is 0 Å².